The summed E-state index contributed by atoms with van der Waals surface area (Å²) in [5.74, 6) is 0.541. The maximum absolute atomic E-state index is 12.6. The SMILES string of the molecule is Cc1ccc(-c2cc(=O)n3c(-c4ccncc4)nnc3s2)cc1. The Morgan fingerprint density at radius 2 is 1.70 bits per heavy atom. The topological polar surface area (TPSA) is 60.2 Å². The molecule has 5 nitrogen and oxygen atoms in total. The lowest BCUT2D eigenvalue weighted by Crippen LogP contribution is -2.11. The summed E-state index contributed by atoms with van der Waals surface area (Å²) in [5.41, 5.74) is 2.88. The van der Waals surface area contributed by atoms with Crippen molar-refractivity contribution in [1.82, 2.24) is 19.6 Å². The lowest BCUT2D eigenvalue weighted by molar-refractivity contribution is 1.09. The van der Waals surface area contributed by atoms with Crippen LogP contribution in [0.3, 0.4) is 0 Å². The molecule has 0 saturated heterocycles. The monoisotopic (exact) mass is 320 g/mol. The van der Waals surface area contributed by atoms with Crippen LogP contribution in [0.15, 0.2) is 59.7 Å². The van der Waals surface area contributed by atoms with Gasteiger partial charge in [0, 0.05) is 28.9 Å². The summed E-state index contributed by atoms with van der Waals surface area (Å²) in [6, 6.07) is 13.3. The number of benzene rings is 1. The van der Waals surface area contributed by atoms with Gasteiger partial charge < -0.3 is 0 Å². The highest BCUT2D eigenvalue weighted by molar-refractivity contribution is 7.19. The van der Waals surface area contributed by atoms with Gasteiger partial charge in [-0.3, -0.25) is 9.78 Å². The van der Waals surface area contributed by atoms with E-state index in [0.29, 0.717) is 10.8 Å². The Morgan fingerprint density at radius 3 is 2.43 bits per heavy atom. The zero-order valence-electron chi connectivity index (χ0n) is 12.3. The van der Waals surface area contributed by atoms with Gasteiger partial charge in [0.15, 0.2) is 5.82 Å². The summed E-state index contributed by atoms with van der Waals surface area (Å²) < 4.78 is 1.54. The molecule has 0 amide bonds. The number of hydrogen-bond acceptors (Lipinski definition) is 5. The Bertz CT molecular complexity index is 1040. The molecule has 0 saturated carbocycles. The van der Waals surface area contributed by atoms with Crippen molar-refractivity contribution in [2.75, 3.05) is 0 Å². The smallest absolute Gasteiger partial charge is 0.260 e. The first-order chi connectivity index (χ1) is 11.2. The molecule has 3 aromatic heterocycles. The Morgan fingerprint density at radius 1 is 0.957 bits per heavy atom. The minimum atomic E-state index is -0.133. The first-order valence-electron chi connectivity index (χ1n) is 7.09. The molecule has 0 aliphatic heterocycles. The van der Waals surface area contributed by atoms with Crippen molar-refractivity contribution in [2.24, 2.45) is 0 Å². The summed E-state index contributed by atoms with van der Waals surface area (Å²) in [6.07, 6.45) is 3.34. The van der Waals surface area contributed by atoms with E-state index < -0.39 is 0 Å². The number of fused-ring (bicyclic) bond motifs is 1. The van der Waals surface area contributed by atoms with Crippen LogP contribution in [0.5, 0.6) is 0 Å². The minimum absolute atomic E-state index is 0.133. The van der Waals surface area contributed by atoms with Crippen molar-refractivity contribution in [3.8, 4) is 21.8 Å². The van der Waals surface area contributed by atoms with E-state index in [-0.39, 0.29) is 5.56 Å². The molecule has 0 N–H and O–H groups in total. The zero-order chi connectivity index (χ0) is 15.8. The Hall–Kier alpha value is -2.86. The molecule has 0 aliphatic rings. The van der Waals surface area contributed by atoms with E-state index in [0.717, 1.165) is 16.0 Å². The van der Waals surface area contributed by atoms with Gasteiger partial charge in [-0.2, -0.15) is 0 Å². The summed E-state index contributed by atoms with van der Waals surface area (Å²) in [7, 11) is 0. The Balaban J connectivity index is 1.91. The number of pyridine rings is 1. The normalized spacial score (nSPS) is 11.0. The van der Waals surface area contributed by atoms with Crippen LogP contribution in [0.25, 0.3) is 26.8 Å². The molecule has 112 valence electrons. The van der Waals surface area contributed by atoms with E-state index in [2.05, 4.69) is 15.2 Å². The first kappa shape index (κ1) is 13.8. The second-order valence-corrected chi connectivity index (χ2v) is 6.20. The van der Waals surface area contributed by atoms with E-state index in [4.69, 9.17) is 0 Å². The van der Waals surface area contributed by atoms with Crippen LogP contribution in [-0.2, 0) is 0 Å². The molecular weight excluding hydrogens is 308 g/mol. The second kappa shape index (κ2) is 5.40. The molecule has 0 bridgehead atoms. The number of nitrogens with zero attached hydrogens (tertiary/aromatic N) is 4. The zero-order valence-corrected chi connectivity index (χ0v) is 13.1. The van der Waals surface area contributed by atoms with Crippen LogP contribution in [0.2, 0.25) is 0 Å². The average Bonchev–Trinajstić information content (AvgIpc) is 3.01. The summed E-state index contributed by atoms with van der Waals surface area (Å²) >= 11 is 1.45. The van der Waals surface area contributed by atoms with E-state index in [1.807, 2.05) is 43.3 Å². The molecule has 1 aromatic carbocycles. The Labute approximate surface area is 135 Å². The summed E-state index contributed by atoms with van der Waals surface area (Å²) in [6.45, 7) is 2.04. The standard InChI is InChI=1S/C17H12N4OS/c1-11-2-4-12(5-3-11)14-10-15(22)21-16(19-20-17(21)23-14)13-6-8-18-9-7-13/h2-10H,1H3. The fourth-order valence-electron chi connectivity index (χ4n) is 2.39. The molecule has 0 spiro atoms. The minimum Gasteiger partial charge on any atom is -0.269 e. The average molecular weight is 320 g/mol. The van der Waals surface area contributed by atoms with Crippen LogP contribution in [0.1, 0.15) is 5.56 Å². The van der Waals surface area contributed by atoms with Gasteiger partial charge in [0.25, 0.3) is 5.56 Å². The lowest BCUT2D eigenvalue weighted by Gasteiger charge is -2.02. The van der Waals surface area contributed by atoms with Gasteiger partial charge in [-0.05, 0) is 24.6 Å². The van der Waals surface area contributed by atoms with Gasteiger partial charge in [0.1, 0.15) is 0 Å². The van der Waals surface area contributed by atoms with Crippen molar-refractivity contribution in [3.63, 3.8) is 0 Å². The first-order valence-corrected chi connectivity index (χ1v) is 7.91. The third-order valence-corrected chi connectivity index (χ3v) is 4.60. The van der Waals surface area contributed by atoms with Crippen molar-refractivity contribution in [3.05, 3.63) is 70.8 Å². The summed E-state index contributed by atoms with van der Waals surface area (Å²) in [4.78, 5) is 18.0. The van der Waals surface area contributed by atoms with Crippen molar-refractivity contribution in [1.29, 1.82) is 0 Å². The lowest BCUT2D eigenvalue weighted by atomic mass is 10.1. The third kappa shape index (κ3) is 2.43. The quantitative estimate of drug-likeness (QED) is 0.569. The van der Waals surface area contributed by atoms with E-state index in [1.165, 1.54) is 21.3 Å². The van der Waals surface area contributed by atoms with E-state index >= 15 is 0 Å². The van der Waals surface area contributed by atoms with Gasteiger partial charge in [-0.25, -0.2) is 4.40 Å². The highest BCUT2D eigenvalue weighted by Gasteiger charge is 2.13. The maximum atomic E-state index is 12.6. The number of hydrogen-bond donors (Lipinski definition) is 0. The highest BCUT2D eigenvalue weighted by Crippen LogP contribution is 2.26. The van der Waals surface area contributed by atoms with Gasteiger partial charge in [0.05, 0.1) is 0 Å². The van der Waals surface area contributed by atoms with Crippen molar-refractivity contribution < 1.29 is 0 Å². The molecular formula is C17H12N4OS. The van der Waals surface area contributed by atoms with Gasteiger partial charge in [-0.1, -0.05) is 41.2 Å². The van der Waals surface area contributed by atoms with Crippen LogP contribution < -0.4 is 5.56 Å². The number of aromatic nitrogens is 4. The molecule has 3 heterocycles. The molecule has 0 atom stereocenters. The van der Waals surface area contributed by atoms with E-state index in [1.54, 1.807) is 18.5 Å². The van der Waals surface area contributed by atoms with Crippen LogP contribution in [-0.4, -0.2) is 19.6 Å². The fraction of sp³-hybridized carbons (Fsp3) is 0.0588. The molecule has 0 fully saturated rings. The second-order valence-electron chi connectivity index (χ2n) is 5.19. The molecule has 0 aliphatic carbocycles. The predicted octanol–water partition coefficient (Wildman–Crippen LogP) is 3.19. The van der Waals surface area contributed by atoms with Gasteiger partial charge in [0.2, 0.25) is 4.96 Å². The van der Waals surface area contributed by atoms with E-state index in [9.17, 15) is 4.79 Å². The predicted molar refractivity (Wildman–Crippen MR) is 90.5 cm³/mol. The molecule has 0 unspecified atom stereocenters. The van der Waals surface area contributed by atoms with Crippen molar-refractivity contribution in [2.45, 2.75) is 6.92 Å². The number of rotatable bonds is 2. The van der Waals surface area contributed by atoms with Crippen molar-refractivity contribution >= 4 is 16.3 Å². The molecule has 4 rings (SSSR count). The third-order valence-electron chi connectivity index (χ3n) is 3.58. The molecule has 4 aromatic rings. The molecule has 23 heavy (non-hydrogen) atoms. The number of aryl methyl sites for hydroxylation is 1. The van der Waals surface area contributed by atoms with Gasteiger partial charge in [-0.15, -0.1) is 10.2 Å². The highest BCUT2D eigenvalue weighted by atomic mass is 32.1. The van der Waals surface area contributed by atoms with Gasteiger partial charge >= 0.3 is 0 Å². The Kier molecular flexibility index (Phi) is 3.24. The van der Waals surface area contributed by atoms with Crippen LogP contribution in [0.4, 0.5) is 0 Å². The largest absolute Gasteiger partial charge is 0.269 e. The summed E-state index contributed by atoms with van der Waals surface area (Å²) in [5, 5.41) is 8.34. The van der Waals surface area contributed by atoms with Crippen LogP contribution >= 0.6 is 11.3 Å². The maximum Gasteiger partial charge on any atom is 0.260 e. The fourth-order valence-corrected chi connectivity index (χ4v) is 3.35. The van der Waals surface area contributed by atoms with Crippen LogP contribution in [0, 0.1) is 6.92 Å². The molecule has 6 heteroatoms. The molecule has 0 radical (unpaired) electrons.